The highest BCUT2D eigenvalue weighted by Gasteiger charge is 2.45. The lowest BCUT2D eigenvalue weighted by Gasteiger charge is -2.37. The number of pyridine rings is 1. The Hall–Kier alpha value is -5.33. The molecule has 0 aliphatic carbocycles. The second-order valence-corrected chi connectivity index (χ2v) is 17.6. The maximum Gasteiger partial charge on any atom is 0.329 e. The molecule has 0 radical (unpaired) electrons. The summed E-state index contributed by atoms with van der Waals surface area (Å²) in [6.45, 7) is 14.8. The molecule has 340 valence electrons. The van der Waals surface area contributed by atoms with Crippen molar-refractivity contribution in [3.63, 3.8) is 0 Å². The van der Waals surface area contributed by atoms with Crippen molar-refractivity contribution in [1.29, 1.82) is 0 Å². The van der Waals surface area contributed by atoms with Crippen molar-refractivity contribution >= 4 is 47.3 Å². The van der Waals surface area contributed by atoms with E-state index in [4.69, 9.17) is 4.74 Å². The fraction of sp³-hybridized carbons (Fsp3) is 0.690. The monoisotopic (exact) mass is 858 g/mol. The first-order valence-corrected chi connectivity index (χ1v) is 20.9. The van der Waals surface area contributed by atoms with Crippen LogP contribution in [0, 0.1) is 23.7 Å². The largest absolute Gasteiger partial charge is 0.505 e. The molecule has 3 heterocycles. The molecule has 1 aromatic heterocycles. The number of aliphatic hydroxyl groups is 1. The zero-order valence-electron chi connectivity index (χ0n) is 37.5. The van der Waals surface area contributed by atoms with E-state index in [9.17, 15) is 48.6 Å². The molecule has 3 rings (SSSR count). The number of rotatable bonds is 8. The number of aromatic nitrogens is 1. The van der Waals surface area contributed by atoms with Gasteiger partial charge in [0.25, 0.3) is 5.91 Å². The summed E-state index contributed by atoms with van der Waals surface area (Å²) in [6.07, 6.45) is -1.33. The number of cyclic esters (lactones) is 1. The molecular formula is C42H66N8O11. The van der Waals surface area contributed by atoms with Gasteiger partial charge in [0.05, 0.1) is 12.6 Å². The van der Waals surface area contributed by atoms with Crippen molar-refractivity contribution in [3.8, 4) is 5.75 Å². The summed E-state index contributed by atoms with van der Waals surface area (Å²) in [5, 5.41) is 29.0. The molecule has 61 heavy (non-hydrogen) atoms. The van der Waals surface area contributed by atoms with Gasteiger partial charge in [-0.1, -0.05) is 48.5 Å². The van der Waals surface area contributed by atoms with Crippen LogP contribution in [0.1, 0.15) is 92.1 Å². The standard InChI is InChI=1S/C42H66N8O11/c1-21(2)16-28-40(58)50-19-27(51)18-29(50)41(59)47(10)20-32(53)49(12)35(24(7)23(5)6)38(56)44-25(8)39(57)48(11)30(17-22(3)4)42(60)61-26(9)33(36(54)45-28)46-37(55)34-31(52)14-13-15-43-34/h13-15,21-30,33,35,51-52H,16-20H2,1-12H3,(H,44,56)(H,45,54)(H,46,55)/t24?,25-,26+,27-,28+,29+,30-,33-,35-/m0/s1. The molecule has 1 unspecified atom stereocenters. The lowest BCUT2D eigenvalue weighted by molar-refractivity contribution is -0.161. The van der Waals surface area contributed by atoms with Crippen molar-refractivity contribution in [2.24, 2.45) is 23.7 Å². The van der Waals surface area contributed by atoms with Gasteiger partial charge in [-0.25, -0.2) is 9.78 Å². The van der Waals surface area contributed by atoms with Crippen molar-refractivity contribution in [1.82, 2.24) is 40.5 Å². The number of esters is 1. The minimum Gasteiger partial charge on any atom is -0.505 e. The molecule has 0 saturated carbocycles. The molecule has 2 fully saturated rings. The fourth-order valence-corrected chi connectivity index (χ4v) is 7.57. The van der Waals surface area contributed by atoms with E-state index in [2.05, 4.69) is 20.9 Å². The molecule has 2 aliphatic rings. The Morgan fingerprint density at radius 2 is 1.51 bits per heavy atom. The molecule has 0 aromatic carbocycles. The first kappa shape index (κ1) is 50.0. The van der Waals surface area contributed by atoms with Crippen molar-refractivity contribution in [2.75, 3.05) is 34.2 Å². The Labute approximate surface area is 358 Å². The highest BCUT2D eigenvalue weighted by molar-refractivity contribution is 6.00. The van der Waals surface area contributed by atoms with E-state index >= 15 is 0 Å². The number of carbonyl (C=O) groups excluding carboxylic acids is 8. The molecule has 0 bridgehead atoms. The van der Waals surface area contributed by atoms with Crippen LogP contribution in [-0.4, -0.2) is 165 Å². The predicted molar refractivity (Wildman–Crippen MR) is 222 cm³/mol. The van der Waals surface area contributed by atoms with Crippen LogP contribution in [0.2, 0.25) is 0 Å². The maximum absolute atomic E-state index is 14.4. The first-order chi connectivity index (χ1) is 28.4. The van der Waals surface area contributed by atoms with Gasteiger partial charge in [-0.15, -0.1) is 0 Å². The number of nitrogens with one attached hydrogen (secondary N) is 3. The van der Waals surface area contributed by atoms with Gasteiger partial charge in [-0.05, 0) is 62.5 Å². The van der Waals surface area contributed by atoms with Gasteiger partial charge < -0.3 is 50.5 Å². The molecule has 9 atom stereocenters. The lowest BCUT2D eigenvalue weighted by atomic mass is 9.88. The van der Waals surface area contributed by atoms with Gasteiger partial charge in [0, 0.05) is 40.3 Å². The van der Waals surface area contributed by atoms with Gasteiger partial charge in [0.2, 0.25) is 35.4 Å². The average Bonchev–Trinajstić information content (AvgIpc) is 3.57. The lowest BCUT2D eigenvalue weighted by Crippen LogP contribution is -2.61. The van der Waals surface area contributed by atoms with Gasteiger partial charge in [-0.2, -0.15) is 0 Å². The van der Waals surface area contributed by atoms with E-state index in [-0.39, 0.29) is 43.6 Å². The van der Waals surface area contributed by atoms with Crippen LogP contribution in [-0.2, 0) is 38.3 Å². The molecule has 7 amide bonds. The Morgan fingerprint density at radius 1 is 0.885 bits per heavy atom. The molecule has 19 nitrogen and oxygen atoms in total. The summed E-state index contributed by atoms with van der Waals surface area (Å²) in [5.74, 6) is -7.60. The zero-order chi connectivity index (χ0) is 46.2. The number of hydrogen-bond donors (Lipinski definition) is 5. The summed E-state index contributed by atoms with van der Waals surface area (Å²) in [7, 11) is 4.17. The first-order valence-electron chi connectivity index (χ1n) is 20.9. The predicted octanol–water partition coefficient (Wildman–Crippen LogP) is 0.279. The number of aromatic hydroxyl groups is 1. The summed E-state index contributed by atoms with van der Waals surface area (Å²) in [6, 6.07) is -5.15. The summed E-state index contributed by atoms with van der Waals surface area (Å²) >= 11 is 0. The fourth-order valence-electron chi connectivity index (χ4n) is 7.57. The van der Waals surface area contributed by atoms with Gasteiger partial charge in [0.15, 0.2) is 5.69 Å². The second kappa shape index (κ2) is 21.5. The van der Waals surface area contributed by atoms with E-state index in [1.54, 1.807) is 20.8 Å². The van der Waals surface area contributed by atoms with E-state index in [1.165, 1.54) is 58.2 Å². The summed E-state index contributed by atoms with van der Waals surface area (Å²) in [5.41, 5.74) is -0.438. The SMILES string of the molecule is CC(C)C[C@H]1NC(=O)[C@@H](NC(=O)c2ncccc2O)[C@@H](C)OC(=O)[C@H](CC(C)C)N(C)C(=O)[C@H](C)NC(=O)[C@H](C(C)C(C)C)N(C)C(=O)CN(C)C(=O)[C@H]2C[C@H](O)CN2C1=O. The highest BCUT2D eigenvalue weighted by Crippen LogP contribution is 2.25. The van der Waals surface area contributed by atoms with Crippen LogP contribution < -0.4 is 16.0 Å². The third kappa shape index (κ3) is 12.6. The number of nitrogens with zero attached hydrogens (tertiary/aromatic N) is 5. The zero-order valence-corrected chi connectivity index (χ0v) is 37.5. The summed E-state index contributed by atoms with van der Waals surface area (Å²) in [4.78, 5) is 121. The molecule has 5 N–H and O–H groups in total. The minimum absolute atomic E-state index is 0.0477. The molecule has 19 heteroatoms. The van der Waals surface area contributed by atoms with Crippen LogP contribution in [0.4, 0.5) is 0 Å². The summed E-state index contributed by atoms with van der Waals surface area (Å²) < 4.78 is 5.85. The van der Waals surface area contributed by atoms with Crippen molar-refractivity contribution in [3.05, 3.63) is 24.0 Å². The van der Waals surface area contributed by atoms with E-state index in [0.29, 0.717) is 0 Å². The number of ether oxygens (including phenoxy) is 1. The molecule has 1 aromatic rings. The second-order valence-electron chi connectivity index (χ2n) is 17.6. The molecule has 2 saturated heterocycles. The molecule has 2 aliphatic heterocycles. The van der Waals surface area contributed by atoms with Crippen LogP contribution in [0.5, 0.6) is 5.75 Å². The van der Waals surface area contributed by atoms with Crippen molar-refractivity contribution < 1.29 is 53.3 Å². The Morgan fingerprint density at radius 3 is 2.08 bits per heavy atom. The van der Waals surface area contributed by atoms with E-state index in [0.717, 1.165) is 14.7 Å². The Balaban J connectivity index is 2.19. The molecular weight excluding hydrogens is 793 g/mol. The van der Waals surface area contributed by atoms with Gasteiger partial charge in [-0.3, -0.25) is 33.6 Å². The van der Waals surface area contributed by atoms with Crippen LogP contribution in [0.3, 0.4) is 0 Å². The van der Waals surface area contributed by atoms with Gasteiger partial charge >= 0.3 is 5.97 Å². The topological polar surface area (TPSA) is 248 Å². The normalized spacial score (nSPS) is 27.7. The average molecular weight is 859 g/mol. The van der Waals surface area contributed by atoms with Gasteiger partial charge in [0.1, 0.15) is 48.1 Å². The minimum atomic E-state index is -1.70. The number of carbonyl (C=O) groups is 8. The third-order valence-corrected chi connectivity index (χ3v) is 11.4. The number of aliphatic hydroxyl groups excluding tert-OH is 1. The highest BCUT2D eigenvalue weighted by atomic mass is 16.5. The third-order valence-electron chi connectivity index (χ3n) is 11.4. The number of amides is 7. The number of likely N-dealkylation sites (N-methyl/N-ethyl adjacent to an activating group) is 3. The smallest absolute Gasteiger partial charge is 0.329 e. The Kier molecular flexibility index (Phi) is 17.6. The molecule has 0 spiro atoms. The maximum atomic E-state index is 14.4. The van der Waals surface area contributed by atoms with Crippen molar-refractivity contribution in [2.45, 2.75) is 130 Å². The number of fused-ring (bicyclic) bond motifs is 1. The van der Waals surface area contributed by atoms with E-state index in [1.807, 2.05) is 27.7 Å². The van der Waals surface area contributed by atoms with Crippen LogP contribution >= 0.6 is 0 Å². The quantitative estimate of drug-likeness (QED) is 0.221. The van der Waals surface area contributed by atoms with E-state index < -0.39 is 120 Å². The van der Waals surface area contributed by atoms with Crippen LogP contribution in [0.15, 0.2) is 18.3 Å². The Bertz CT molecular complexity index is 1790. The van der Waals surface area contributed by atoms with Crippen LogP contribution in [0.25, 0.3) is 0 Å². The number of hydrogen-bond acceptors (Lipinski definition) is 12.